The maximum atomic E-state index is 11.7. The van der Waals surface area contributed by atoms with Crippen LogP contribution < -0.4 is 10.6 Å². The van der Waals surface area contributed by atoms with Crippen LogP contribution in [0.2, 0.25) is 0 Å². The minimum Gasteiger partial charge on any atom is -0.480 e. The number of carbonyl (C=O) groups excluding carboxylic acids is 3. The molecule has 0 aromatic rings. The van der Waals surface area contributed by atoms with Gasteiger partial charge in [-0.15, -0.1) is 0 Å². The molecule has 1 unspecified atom stereocenters. The molecule has 3 N–H and O–H groups in total. The average Bonchev–Trinajstić information content (AvgIpc) is 2.24. The van der Waals surface area contributed by atoms with Crippen molar-refractivity contribution in [2.75, 3.05) is 13.1 Å². The number of carbonyl (C=O) groups is 4. The van der Waals surface area contributed by atoms with E-state index in [1.807, 2.05) is 0 Å². The molecule has 0 spiro atoms. The van der Waals surface area contributed by atoms with E-state index in [-0.39, 0.29) is 13.1 Å². The minimum absolute atomic E-state index is 0.0951. The van der Waals surface area contributed by atoms with Gasteiger partial charge >= 0.3 is 5.97 Å². The van der Waals surface area contributed by atoms with E-state index in [0.717, 1.165) is 0 Å². The van der Waals surface area contributed by atoms with Crippen molar-refractivity contribution in [3.63, 3.8) is 0 Å². The molecule has 106 valence electrons. The highest BCUT2D eigenvalue weighted by Crippen LogP contribution is 2.18. The molecule has 0 radical (unpaired) electrons. The number of carboxylic acids is 1. The Balaban J connectivity index is 2.87. The molecule has 1 aliphatic rings. The van der Waals surface area contributed by atoms with Gasteiger partial charge in [-0.25, -0.2) is 4.79 Å². The molecule has 0 aliphatic carbocycles. The Kier molecular flexibility index (Phi) is 4.25. The first-order valence-electron chi connectivity index (χ1n) is 5.74. The van der Waals surface area contributed by atoms with Gasteiger partial charge in [0.05, 0.1) is 12.1 Å². The van der Waals surface area contributed by atoms with Crippen LogP contribution in [-0.4, -0.2) is 58.4 Å². The van der Waals surface area contributed by atoms with Gasteiger partial charge in [-0.3, -0.25) is 24.6 Å². The summed E-state index contributed by atoms with van der Waals surface area (Å²) in [6.07, 6.45) is 0. The number of carboxylic acid groups (broad SMARTS) is 1. The molecule has 1 heterocycles. The largest absolute Gasteiger partial charge is 0.480 e. The number of nitrogens with one attached hydrogen (secondary N) is 2. The van der Waals surface area contributed by atoms with Crippen LogP contribution >= 0.6 is 0 Å². The van der Waals surface area contributed by atoms with E-state index in [9.17, 15) is 19.2 Å². The van der Waals surface area contributed by atoms with Crippen molar-refractivity contribution < 1.29 is 24.3 Å². The van der Waals surface area contributed by atoms with Gasteiger partial charge in [0.25, 0.3) is 0 Å². The summed E-state index contributed by atoms with van der Waals surface area (Å²) in [6.45, 7) is 4.15. The van der Waals surface area contributed by atoms with Crippen LogP contribution in [0.3, 0.4) is 0 Å². The minimum atomic E-state index is -1.22. The van der Waals surface area contributed by atoms with Crippen molar-refractivity contribution >= 4 is 23.7 Å². The second kappa shape index (κ2) is 5.35. The summed E-state index contributed by atoms with van der Waals surface area (Å²) in [5, 5.41) is 13.5. The first-order chi connectivity index (χ1) is 8.64. The molecule has 1 fully saturated rings. The molecular weight excluding hydrogens is 254 g/mol. The number of piperazine rings is 1. The van der Waals surface area contributed by atoms with Crippen molar-refractivity contribution in [1.82, 2.24) is 15.5 Å². The lowest BCUT2D eigenvalue weighted by molar-refractivity contribution is -0.149. The van der Waals surface area contributed by atoms with Crippen LogP contribution in [0.5, 0.6) is 0 Å². The lowest BCUT2D eigenvalue weighted by Crippen LogP contribution is -2.66. The Hall–Kier alpha value is -1.96. The summed E-state index contributed by atoms with van der Waals surface area (Å²) >= 11 is 0. The van der Waals surface area contributed by atoms with Gasteiger partial charge in [0, 0.05) is 13.5 Å². The standard InChI is InChI=1S/C11H17N3O5/c1-6(15)12-7(9(17)18)4-14-5-8(16)13-10(19)11(14,2)3/h7H,4-5H2,1-3H3,(H,12,15)(H,17,18)(H,13,16,19). The highest BCUT2D eigenvalue weighted by Gasteiger charge is 2.42. The van der Waals surface area contributed by atoms with Gasteiger partial charge in [-0.05, 0) is 13.8 Å². The number of hydrogen-bond donors (Lipinski definition) is 3. The summed E-state index contributed by atoms with van der Waals surface area (Å²) in [5.41, 5.74) is -1.01. The van der Waals surface area contributed by atoms with Gasteiger partial charge in [0.2, 0.25) is 17.7 Å². The van der Waals surface area contributed by atoms with E-state index in [2.05, 4.69) is 10.6 Å². The van der Waals surface area contributed by atoms with Gasteiger partial charge < -0.3 is 10.4 Å². The van der Waals surface area contributed by atoms with Crippen LogP contribution in [0.15, 0.2) is 0 Å². The molecule has 0 aromatic carbocycles. The molecule has 0 bridgehead atoms. The van der Waals surface area contributed by atoms with E-state index in [0.29, 0.717) is 0 Å². The molecule has 3 amide bonds. The summed E-state index contributed by atoms with van der Waals surface area (Å²) in [4.78, 5) is 46.5. The van der Waals surface area contributed by atoms with Gasteiger partial charge in [-0.2, -0.15) is 0 Å². The normalized spacial score (nSPS) is 20.6. The fourth-order valence-corrected chi connectivity index (χ4v) is 1.78. The molecule has 1 saturated heterocycles. The van der Waals surface area contributed by atoms with E-state index in [1.54, 1.807) is 13.8 Å². The number of imide groups is 1. The van der Waals surface area contributed by atoms with Crippen LogP contribution in [0, 0.1) is 0 Å². The first-order valence-corrected chi connectivity index (χ1v) is 5.74. The zero-order valence-electron chi connectivity index (χ0n) is 11.0. The number of nitrogens with zero attached hydrogens (tertiary/aromatic N) is 1. The highest BCUT2D eigenvalue weighted by atomic mass is 16.4. The zero-order chi connectivity index (χ0) is 14.8. The van der Waals surface area contributed by atoms with E-state index in [1.165, 1.54) is 11.8 Å². The Bertz CT molecular complexity index is 432. The molecule has 1 atom stereocenters. The number of rotatable bonds is 4. The van der Waals surface area contributed by atoms with Crippen LogP contribution in [0.1, 0.15) is 20.8 Å². The van der Waals surface area contributed by atoms with E-state index in [4.69, 9.17) is 5.11 Å². The van der Waals surface area contributed by atoms with Crippen molar-refractivity contribution in [3.05, 3.63) is 0 Å². The lowest BCUT2D eigenvalue weighted by atomic mass is 9.98. The van der Waals surface area contributed by atoms with Crippen molar-refractivity contribution in [3.8, 4) is 0 Å². The summed E-state index contributed by atoms with van der Waals surface area (Å²) in [6, 6.07) is -1.17. The maximum absolute atomic E-state index is 11.7. The Labute approximate surface area is 110 Å². The van der Waals surface area contributed by atoms with Crippen LogP contribution in [0.4, 0.5) is 0 Å². The van der Waals surface area contributed by atoms with Crippen molar-refractivity contribution in [2.45, 2.75) is 32.4 Å². The fourth-order valence-electron chi connectivity index (χ4n) is 1.78. The monoisotopic (exact) mass is 271 g/mol. The van der Waals surface area contributed by atoms with Crippen molar-refractivity contribution in [2.24, 2.45) is 0 Å². The topological polar surface area (TPSA) is 116 Å². The SMILES string of the molecule is CC(=O)NC(CN1CC(=O)NC(=O)C1(C)C)C(=O)O. The molecule has 1 rings (SSSR count). The fraction of sp³-hybridized carbons (Fsp3) is 0.636. The van der Waals surface area contributed by atoms with Gasteiger partial charge in [-0.1, -0.05) is 0 Å². The highest BCUT2D eigenvalue weighted by molar-refractivity contribution is 6.03. The third kappa shape index (κ3) is 3.50. The summed E-state index contributed by atoms with van der Waals surface area (Å²) in [5.74, 6) is -2.69. The first kappa shape index (κ1) is 15.1. The Morgan fingerprint density at radius 2 is 2.05 bits per heavy atom. The average molecular weight is 271 g/mol. The van der Waals surface area contributed by atoms with Crippen LogP contribution in [-0.2, 0) is 19.2 Å². The number of hydrogen-bond acceptors (Lipinski definition) is 5. The number of aliphatic carboxylic acids is 1. The molecule has 8 heteroatoms. The third-order valence-corrected chi connectivity index (χ3v) is 3.01. The number of amides is 3. The molecule has 0 saturated carbocycles. The smallest absolute Gasteiger partial charge is 0.327 e. The predicted octanol–water partition coefficient (Wildman–Crippen LogP) is -1.69. The molecule has 8 nitrogen and oxygen atoms in total. The molecule has 19 heavy (non-hydrogen) atoms. The van der Waals surface area contributed by atoms with Gasteiger partial charge in [0.1, 0.15) is 6.04 Å². The molecule has 1 aliphatic heterocycles. The Morgan fingerprint density at radius 1 is 1.47 bits per heavy atom. The van der Waals surface area contributed by atoms with Gasteiger partial charge in [0.15, 0.2) is 0 Å². The summed E-state index contributed by atoms with van der Waals surface area (Å²) in [7, 11) is 0. The molecule has 0 aromatic heterocycles. The quantitative estimate of drug-likeness (QED) is 0.526. The van der Waals surface area contributed by atoms with Crippen molar-refractivity contribution in [1.29, 1.82) is 0 Å². The Morgan fingerprint density at radius 3 is 2.53 bits per heavy atom. The van der Waals surface area contributed by atoms with Crippen LogP contribution in [0.25, 0.3) is 0 Å². The summed E-state index contributed by atoms with van der Waals surface area (Å²) < 4.78 is 0. The predicted molar refractivity (Wildman–Crippen MR) is 64.0 cm³/mol. The second-order valence-electron chi connectivity index (χ2n) is 4.91. The van der Waals surface area contributed by atoms with E-state index < -0.39 is 35.3 Å². The lowest BCUT2D eigenvalue weighted by Gasteiger charge is -2.41. The zero-order valence-corrected chi connectivity index (χ0v) is 11.0. The van der Waals surface area contributed by atoms with E-state index >= 15 is 0 Å². The second-order valence-corrected chi connectivity index (χ2v) is 4.91. The maximum Gasteiger partial charge on any atom is 0.327 e. The molecular formula is C11H17N3O5. The third-order valence-electron chi connectivity index (χ3n) is 3.01.